The fraction of sp³-hybridized carbons (Fsp3) is 1.00. The van der Waals surface area contributed by atoms with Gasteiger partial charge in [-0.1, -0.05) is 33.1 Å². The maximum absolute atomic E-state index is 6.00. The molecule has 0 aromatic heterocycles. The smallest absolute Gasteiger partial charge is 0.0280 e. The topological polar surface area (TPSA) is 0 Å². The van der Waals surface area contributed by atoms with Gasteiger partial charge in [-0.3, -0.25) is 0 Å². The zero-order valence-corrected chi connectivity index (χ0v) is 9.16. The third-order valence-corrected chi connectivity index (χ3v) is 3.83. The van der Waals surface area contributed by atoms with E-state index >= 15 is 0 Å². The second-order valence-electron chi connectivity index (χ2n) is 4.59. The highest BCUT2D eigenvalue weighted by molar-refractivity contribution is 6.18. The molecule has 0 radical (unpaired) electrons. The Morgan fingerprint density at radius 2 is 2.08 bits per heavy atom. The number of alkyl halides is 1. The number of hydrogen-bond donors (Lipinski definition) is 0. The Morgan fingerprint density at radius 1 is 1.42 bits per heavy atom. The van der Waals surface area contributed by atoms with Crippen molar-refractivity contribution in [3.8, 4) is 0 Å². The lowest BCUT2D eigenvalue weighted by Crippen LogP contribution is -2.33. The van der Waals surface area contributed by atoms with Crippen LogP contribution in [0.25, 0.3) is 0 Å². The third-order valence-electron chi connectivity index (χ3n) is 3.26. The van der Waals surface area contributed by atoms with Gasteiger partial charge in [-0.25, -0.2) is 0 Å². The highest BCUT2D eigenvalue weighted by atomic mass is 35.5. The summed E-state index contributed by atoms with van der Waals surface area (Å²) in [7, 11) is 0. The molecule has 0 bridgehead atoms. The van der Waals surface area contributed by atoms with Gasteiger partial charge in [0, 0.05) is 5.88 Å². The van der Waals surface area contributed by atoms with E-state index < -0.39 is 0 Å². The van der Waals surface area contributed by atoms with Crippen molar-refractivity contribution >= 4 is 11.6 Å². The Morgan fingerprint density at radius 3 is 2.42 bits per heavy atom. The standard InChI is InChI=1S/C11H21Cl/c1-3-5-10(2)8-11(9-12)6-4-7-11/h10H,3-9H2,1-2H3. The highest BCUT2D eigenvalue weighted by Crippen LogP contribution is 2.47. The Balaban J connectivity index is 2.27. The molecule has 0 aromatic rings. The maximum atomic E-state index is 6.00. The van der Waals surface area contributed by atoms with E-state index in [1.807, 2.05) is 0 Å². The lowest BCUT2D eigenvalue weighted by molar-refractivity contribution is 0.123. The fourth-order valence-corrected chi connectivity index (χ4v) is 2.78. The molecule has 1 heteroatoms. The summed E-state index contributed by atoms with van der Waals surface area (Å²) in [6.07, 6.45) is 8.23. The quantitative estimate of drug-likeness (QED) is 0.567. The lowest BCUT2D eigenvalue weighted by Gasteiger charge is -2.42. The minimum Gasteiger partial charge on any atom is -0.126 e. The van der Waals surface area contributed by atoms with Crippen molar-refractivity contribution in [2.75, 3.05) is 5.88 Å². The van der Waals surface area contributed by atoms with Crippen LogP contribution in [0, 0.1) is 11.3 Å². The molecule has 0 saturated heterocycles. The predicted molar refractivity (Wildman–Crippen MR) is 55.7 cm³/mol. The van der Waals surface area contributed by atoms with Gasteiger partial charge in [0.1, 0.15) is 0 Å². The molecule has 0 N–H and O–H groups in total. The summed E-state index contributed by atoms with van der Waals surface area (Å²) in [6, 6.07) is 0. The first kappa shape index (κ1) is 10.4. The molecular weight excluding hydrogens is 168 g/mol. The van der Waals surface area contributed by atoms with Crippen LogP contribution < -0.4 is 0 Å². The van der Waals surface area contributed by atoms with Gasteiger partial charge >= 0.3 is 0 Å². The van der Waals surface area contributed by atoms with Gasteiger partial charge in [0.15, 0.2) is 0 Å². The lowest BCUT2D eigenvalue weighted by atomic mass is 9.65. The van der Waals surface area contributed by atoms with E-state index in [1.165, 1.54) is 38.5 Å². The second kappa shape index (κ2) is 4.50. The summed E-state index contributed by atoms with van der Waals surface area (Å²) >= 11 is 6.00. The van der Waals surface area contributed by atoms with E-state index in [4.69, 9.17) is 11.6 Å². The van der Waals surface area contributed by atoms with Crippen LogP contribution in [-0.4, -0.2) is 5.88 Å². The van der Waals surface area contributed by atoms with Crippen molar-refractivity contribution in [3.05, 3.63) is 0 Å². The van der Waals surface area contributed by atoms with E-state index in [2.05, 4.69) is 13.8 Å². The van der Waals surface area contributed by atoms with Crippen LogP contribution in [0.5, 0.6) is 0 Å². The van der Waals surface area contributed by atoms with E-state index in [0.717, 1.165) is 11.8 Å². The molecule has 12 heavy (non-hydrogen) atoms. The SMILES string of the molecule is CCCC(C)CC1(CCl)CCC1. The van der Waals surface area contributed by atoms with Crippen molar-refractivity contribution in [3.63, 3.8) is 0 Å². The summed E-state index contributed by atoms with van der Waals surface area (Å²) in [5.74, 6) is 1.77. The van der Waals surface area contributed by atoms with Crippen molar-refractivity contribution in [2.24, 2.45) is 11.3 Å². The van der Waals surface area contributed by atoms with Gasteiger partial charge in [0.05, 0.1) is 0 Å². The number of halogens is 1. The molecule has 1 aliphatic carbocycles. The molecule has 1 aliphatic rings. The van der Waals surface area contributed by atoms with Crippen molar-refractivity contribution in [1.82, 2.24) is 0 Å². The summed E-state index contributed by atoms with van der Waals surface area (Å²) < 4.78 is 0. The minimum atomic E-state index is 0.552. The average molecular weight is 189 g/mol. The van der Waals surface area contributed by atoms with Gasteiger partial charge in [0.25, 0.3) is 0 Å². The third kappa shape index (κ3) is 2.39. The number of rotatable bonds is 5. The Kier molecular flexibility index (Phi) is 3.89. The molecule has 0 nitrogen and oxygen atoms in total. The second-order valence-corrected chi connectivity index (χ2v) is 4.85. The fourth-order valence-electron chi connectivity index (χ4n) is 2.40. The molecule has 1 unspecified atom stereocenters. The molecule has 0 aliphatic heterocycles. The molecule has 0 amide bonds. The van der Waals surface area contributed by atoms with Crippen LogP contribution in [0.3, 0.4) is 0 Å². The molecule has 1 fully saturated rings. The Labute approximate surface area is 81.7 Å². The molecule has 1 saturated carbocycles. The summed E-state index contributed by atoms with van der Waals surface area (Å²) in [4.78, 5) is 0. The predicted octanol–water partition coefficient (Wildman–Crippen LogP) is 4.22. The van der Waals surface area contributed by atoms with Crippen LogP contribution in [0.15, 0.2) is 0 Å². The summed E-state index contributed by atoms with van der Waals surface area (Å²) in [6.45, 7) is 4.64. The van der Waals surface area contributed by atoms with E-state index in [0.29, 0.717) is 5.41 Å². The van der Waals surface area contributed by atoms with E-state index in [9.17, 15) is 0 Å². The summed E-state index contributed by atoms with van der Waals surface area (Å²) in [5.41, 5.74) is 0.552. The average Bonchev–Trinajstić information content (AvgIpc) is 1.97. The zero-order valence-electron chi connectivity index (χ0n) is 8.41. The van der Waals surface area contributed by atoms with Gasteiger partial charge in [0.2, 0.25) is 0 Å². The molecule has 0 spiro atoms. The Hall–Kier alpha value is 0.290. The Bertz CT molecular complexity index is 121. The number of hydrogen-bond acceptors (Lipinski definition) is 0. The maximum Gasteiger partial charge on any atom is 0.0280 e. The molecule has 0 aromatic carbocycles. The van der Waals surface area contributed by atoms with Crippen molar-refractivity contribution < 1.29 is 0 Å². The van der Waals surface area contributed by atoms with Crippen LogP contribution >= 0.6 is 11.6 Å². The first-order valence-corrected chi connectivity index (χ1v) is 5.82. The highest BCUT2D eigenvalue weighted by Gasteiger charge is 2.36. The van der Waals surface area contributed by atoms with Crippen LogP contribution in [0.1, 0.15) is 52.4 Å². The first-order valence-electron chi connectivity index (χ1n) is 5.28. The first-order chi connectivity index (χ1) is 5.72. The zero-order chi connectivity index (χ0) is 9.03. The molecule has 1 rings (SSSR count). The molecule has 72 valence electrons. The van der Waals surface area contributed by atoms with Gasteiger partial charge in [-0.2, -0.15) is 0 Å². The molecule has 1 atom stereocenters. The summed E-state index contributed by atoms with van der Waals surface area (Å²) in [5, 5.41) is 0. The molecule has 0 heterocycles. The monoisotopic (exact) mass is 188 g/mol. The van der Waals surface area contributed by atoms with Gasteiger partial charge < -0.3 is 0 Å². The van der Waals surface area contributed by atoms with Crippen LogP contribution in [0.4, 0.5) is 0 Å². The van der Waals surface area contributed by atoms with Gasteiger partial charge in [-0.05, 0) is 30.6 Å². The molecular formula is C11H21Cl. The van der Waals surface area contributed by atoms with E-state index in [1.54, 1.807) is 0 Å². The van der Waals surface area contributed by atoms with Crippen LogP contribution in [-0.2, 0) is 0 Å². The normalized spacial score (nSPS) is 23.2. The minimum absolute atomic E-state index is 0.552. The van der Waals surface area contributed by atoms with E-state index in [-0.39, 0.29) is 0 Å². The van der Waals surface area contributed by atoms with Gasteiger partial charge in [-0.15, -0.1) is 11.6 Å². The van der Waals surface area contributed by atoms with Crippen molar-refractivity contribution in [1.29, 1.82) is 0 Å². The largest absolute Gasteiger partial charge is 0.126 e. The van der Waals surface area contributed by atoms with Crippen LogP contribution in [0.2, 0.25) is 0 Å². The van der Waals surface area contributed by atoms with Crippen molar-refractivity contribution in [2.45, 2.75) is 52.4 Å².